The van der Waals surface area contributed by atoms with E-state index in [4.69, 9.17) is 0 Å². The van der Waals surface area contributed by atoms with Crippen molar-refractivity contribution in [3.63, 3.8) is 0 Å². The highest BCUT2D eigenvalue weighted by molar-refractivity contribution is 7.93. The quantitative estimate of drug-likeness (QED) is 0.533. The van der Waals surface area contributed by atoms with Crippen molar-refractivity contribution in [1.82, 2.24) is 9.88 Å². The third-order valence-electron chi connectivity index (χ3n) is 5.03. The maximum absolute atomic E-state index is 13.4. The van der Waals surface area contributed by atoms with Crippen LogP contribution in [0, 0.1) is 0 Å². The standard InChI is InChI=1S/C22H23FN2OS/c1-4-15(2)25(3)22(26)21-18(14-27-23)20(16-10-6-5-7-11-16)17-12-8-9-13-19(17)24-21/h5-13,15H,4,14H2,1-3H3. The molecule has 0 spiro atoms. The average Bonchev–Trinajstić information content (AvgIpc) is 2.72. The highest BCUT2D eigenvalue weighted by atomic mass is 32.2. The third kappa shape index (κ3) is 3.83. The van der Waals surface area contributed by atoms with E-state index in [2.05, 4.69) is 4.98 Å². The van der Waals surface area contributed by atoms with Gasteiger partial charge in [0.25, 0.3) is 5.91 Å². The molecule has 0 bridgehead atoms. The predicted octanol–water partition coefficient (Wildman–Crippen LogP) is 5.89. The van der Waals surface area contributed by atoms with Crippen molar-refractivity contribution in [3.05, 3.63) is 65.9 Å². The Labute approximate surface area is 163 Å². The molecule has 1 aromatic heterocycles. The smallest absolute Gasteiger partial charge is 0.272 e. The van der Waals surface area contributed by atoms with Crippen LogP contribution in [0.25, 0.3) is 22.0 Å². The van der Waals surface area contributed by atoms with Crippen LogP contribution in [0.15, 0.2) is 54.6 Å². The van der Waals surface area contributed by atoms with E-state index in [9.17, 15) is 8.68 Å². The lowest BCUT2D eigenvalue weighted by Crippen LogP contribution is -2.35. The molecule has 0 aliphatic heterocycles. The molecule has 3 nitrogen and oxygen atoms in total. The van der Waals surface area contributed by atoms with Gasteiger partial charge in [-0.05, 0) is 30.5 Å². The van der Waals surface area contributed by atoms with Gasteiger partial charge in [0.15, 0.2) is 0 Å². The Bertz CT molecular complexity index is 946. The van der Waals surface area contributed by atoms with E-state index < -0.39 is 0 Å². The van der Waals surface area contributed by atoms with Gasteiger partial charge in [0.2, 0.25) is 0 Å². The first-order chi connectivity index (χ1) is 13.1. The normalized spacial score (nSPS) is 12.1. The highest BCUT2D eigenvalue weighted by Crippen LogP contribution is 2.36. The minimum absolute atomic E-state index is 0.0804. The first-order valence-corrected chi connectivity index (χ1v) is 9.94. The van der Waals surface area contributed by atoms with Crippen molar-refractivity contribution in [1.29, 1.82) is 0 Å². The number of nitrogens with zero attached hydrogens (tertiary/aromatic N) is 2. The molecule has 0 aliphatic rings. The molecule has 1 unspecified atom stereocenters. The Morgan fingerprint density at radius 3 is 2.48 bits per heavy atom. The fraction of sp³-hybridized carbons (Fsp3) is 0.273. The van der Waals surface area contributed by atoms with Crippen molar-refractivity contribution in [2.45, 2.75) is 32.1 Å². The molecule has 3 rings (SSSR count). The second-order valence-electron chi connectivity index (χ2n) is 6.62. The van der Waals surface area contributed by atoms with Crippen LogP contribution in [-0.2, 0) is 5.75 Å². The zero-order valence-electron chi connectivity index (χ0n) is 15.8. The number of halogens is 1. The minimum Gasteiger partial charge on any atom is -0.338 e. The van der Waals surface area contributed by atoms with Crippen LogP contribution in [-0.4, -0.2) is 28.9 Å². The summed E-state index contributed by atoms with van der Waals surface area (Å²) in [6.07, 6.45) is 0.842. The number of fused-ring (bicyclic) bond motifs is 1. The summed E-state index contributed by atoms with van der Waals surface area (Å²) < 4.78 is 13.4. The summed E-state index contributed by atoms with van der Waals surface area (Å²) >= 11 is 0.219. The van der Waals surface area contributed by atoms with Gasteiger partial charge in [-0.2, -0.15) is 3.89 Å². The Balaban J connectivity index is 2.31. The number of carbonyl (C=O) groups is 1. The van der Waals surface area contributed by atoms with Crippen molar-refractivity contribution >= 4 is 29.0 Å². The van der Waals surface area contributed by atoms with Gasteiger partial charge in [-0.15, -0.1) is 0 Å². The zero-order chi connectivity index (χ0) is 19.4. The molecule has 0 fully saturated rings. The van der Waals surface area contributed by atoms with Gasteiger partial charge in [0, 0.05) is 36.2 Å². The minimum atomic E-state index is -0.170. The molecule has 0 N–H and O–H groups in total. The van der Waals surface area contributed by atoms with Crippen molar-refractivity contribution in [2.24, 2.45) is 0 Å². The molecule has 1 atom stereocenters. The van der Waals surface area contributed by atoms with E-state index >= 15 is 0 Å². The van der Waals surface area contributed by atoms with Crippen LogP contribution < -0.4 is 0 Å². The summed E-state index contributed by atoms with van der Waals surface area (Å²) in [5.41, 5.74) is 3.56. The van der Waals surface area contributed by atoms with Gasteiger partial charge in [-0.3, -0.25) is 4.79 Å². The number of carbonyl (C=O) groups excluding carboxylic acids is 1. The number of para-hydroxylation sites is 1. The molecule has 1 heterocycles. The molecular formula is C22H23FN2OS. The molecule has 27 heavy (non-hydrogen) atoms. The van der Waals surface area contributed by atoms with Crippen molar-refractivity contribution in [2.75, 3.05) is 7.05 Å². The van der Waals surface area contributed by atoms with Gasteiger partial charge in [-0.25, -0.2) is 4.98 Å². The maximum atomic E-state index is 13.4. The Morgan fingerprint density at radius 2 is 1.81 bits per heavy atom. The van der Waals surface area contributed by atoms with E-state index in [1.165, 1.54) is 0 Å². The molecule has 0 saturated heterocycles. The van der Waals surface area contributed by atoms with Crippen LogP contribution in [0.2, 0.25) is 0 Å². The molecular weight excluding hydrogens is 359 g/mol. The number of pyridine rings is 1. The fourth-order valence-electron chi connectivity index (χ4n) is 3.20. The summed E-state index contributed by atoms with van der Waals surface area (Å²) in [5, 5.41) is 0.926. The number of hydrogen-bond acceptors (Lipinski definition) is 3. The van der Waals surface area contributed by atoms with Crippen LogP contribution in [0.1, 0.15) is 36.3 Å². The zero-order valence-corrected chi connectivity index (χ0v) is 16.6. The second kappa shape index (κ2) is 8.53. The van der Waals surface area contributed by atoms with E-state index in [0.717, 1.165) is 28.5 Å². The summed E-state index contributed by atoms with van der Waals surface area (Å²) in [6.45, 7) is 4.04. The molecule has 0 radical (unpaired) electrons. The number of amides is 1. The first-order valence-electron chi connectivity index (χ1n) is 9.06. The van der Waals surface area contributed by atoms with Gasteiger partial charge in [-0.1, -0.05) is 55.5 Å². The Hall–Kier alpha value is -2.40. The Kier molecular flexibility index (Phi) is 6.11. The van der Waals surface area contributed by atoms with Gasteiger partial charge >= 0.3 is 0 Å². The second-order valence-corrected chi connectivity index (χ2v) is 7.13. The lowest BCUT2D eigenvalue weighted by molar-refractivity contribution is 0.0734. The average molecular weight is 383 g/mol. The lowest BCUT2D eigenvalue weighted by atomic mass is 9.94. The molecule has 140 valence electrons. The summed E-state index contributed by atoms with van der Waals surface area (Å²) in [5.74, 6) is -0.0892. The Morgan fingerprint density at radius 1 is 1.15 bits per heavy atom. The number of benzene rings is 2. The fourth-order valence-corrected chi connectivity index (χ4v) is 3.59. The van der Waals surface area contributed by atoms with E-state index in [1.54, 1.807) is 11.9 Å². The molecule has 1 amide bonds. The van der Waals surface area contributed by atoms with Crippen LogP contribution >= 0.6 is 12.1 Å². The summed E-state index contributed by atoms with van der Waals surface area (Å²) in [4.78, 5) is 19.5. The monoisotopic (exact) mass is 382 g/mol. The van der Waals surface area contributed by atoms with E-state index in [0.29, 0.717) is 11.3 Å². The summed E-state index contributed by atoms with van der Waals surface area (Å²) in [7, 11) is 1.78. The number of rotatable bonds is 6. The molecule has 0 saturated carbocycles. The van der Waals surface area contributed by atoms with E-state index in [-0.39, 0.29) is 29.8 Å². The number of aromatic nitrogens is 1. The maximum Gasteiger partial charge on any atom is 0.272 e. The van der Waals surface area contributed by atoms with Crippen LogP contribution in [0.5, 0.6) is 0 Å². The van der Waals surface area contributed by atoms with Gasteiger partial charge in [0.1, 0.15) is 5.69 Å². The van der Waals surface area contributed by atoms with Gasteiger partial charge in [0.05, 0.1) is 11.3 Å². The van der Waals surface area contributed by atoms with Crippen LogP contribution in [0.3, 0.4) is 0 Å². The molecule has 5 heteroatoms. The summed E-state index contributed by atoms with van der Waals surface area (Å²) in [6, 6.07) is 17.6. The van der Waals surface area contributed by atoms with Gasteiger partial charge < -0.3 is 4.90 Å². The largest absolute Gasteiger partial charge is 0.338 e. The molecule has 0 aliphatic carbocycles. The first kappa shape index (κ1) is 19.4. The SMILES string of the molecule is CCC(C)N(C)C(=O)c1nc2ccccc2c(-c2ccccc2)c1CSF. The highest BCUT2D eigenvalue weighted by Gasteiger charge is 2.25. The van der Waals surface area contributed by atoms with E-state index in [1.807, 2.05) is 68.4 Å². The van der Waals surface area contributed by atoms with Crippen molar-refractivity contribution in [3.8, 4) is 11.1 Å². The number of hydrogen-bond donors (Lipinski definition) is 0. The molecule has 3 aromatic rings. The predicted molar refractivity (Wildman–Crippen MR) is 111 cm³/mol. The lowest BCUT2D eigenvalue weighted by Gasteiger charge is -2.25. The van der Waals surface area contributed by atoms with Crippen molar-refractivity contribution < 1.29 is 8.68 Å². The molecule has 2 aromatic carbocycles. The third-order valence-corrected chi connectivity index (χ3v) is 5.43. The topological polar surface area (TPSA) is 33.2 Å². The van der Waals surface area contributed by atoms with Crippen LogP contribution in [0.4, 0.5) is 3.89 Å².